The van der Waals surface area contributed by atoms with E-state index < -0.39 is 7.75 Å². The van der Waals surface area contributed by atoms with Gasteiger partial charge in [-0.1, -0.05) is 60.7 Å². The minimum atomic E-state index is -3.70. The van der Waals surface area contributed by atoms with Crippen LogP contribution in [0.1, 0.15) is 17.5 Å². The summed E-state index contributed by atoms with van der Waals surface area (Å²) in [4.78, 5) is 9.71. The maximum atomic E-state index is 11.8. The third-order valence-corrected chi connectivity index (χ3v) is 4.44. The average molecular weight is 319 g/mol. The number of hydrogen-bond donors (Lipinski definition) is 2. The molecule has 2 aromatic carbocycles. The number of nitrogens with one attached hydrogen (secondary N) is 1. The third kappa shape index (κ3) is 6.54. The van der Waals surface area contributed by atoms with Crippen LogP contribution in [-0.2, 0) is 21.9 Å². The second kappa shape index (κ2) is 8.86. The highest BCUT2D eigenvalue weighted by Gasteiger charge is 2.17. The lowest BCUT2D eigenvalue weighted by atomic mass is 10.1. The molecule has 5 heteroatoms. The normalized spacial score (nSPS) is 13.7. The zero-order chi connectivity index (χ0) is 15.7. The Bertz CT molecular complexity index is 589. The van der Waals surface area contributed by atoms with Crippen molar-refractivity contribution in [2.45, 2.75) is 19.3 Å². The Morgan fingerprint density at radius 3 is 2.05 bits per heavy atom. The van der Waals surface area contributed by atoms with E-state index in [1.807, 2.05) is 60.7 Å². The number of aryl methyl sites for hydroxylation is 1. The van der Waals surface area contributed by atoms with Crippen LogP contribution in [0.3, 0.4) is 0 Å². The predicted molar refractivity (Wildman–Crippen MR) is 88.7 cm³/mol. The van der Waals surface area contributed by atoms with Crippen molar-refractivity contribution in [2.75, 3.05) is 13.2 Å². The van der Waals surface area contributed by atoms with E-state index in [9.17, 15) is 9.46 Å². The summed E-state index contributed by atoms with van der Waals surface area (Å²) in [6.45, 7) is 0.678. The van der Waals surface area contributed by atoms with E-state index in [-0.39, 0.29) is 6.61 Å². The lowest BCUT2D eigenvalue weighted by molar-refractivity contribution is 0.247. The summed E-state index contributed by atoms with van der Waals surface area (Å²) in [6, 6.07) is 19.9. The first-order chi connectivity index (χ1) is 10.7. The van der Waals surface area contributed by atoms with Gasteiger partial charge in [-0.3, -0.25) is 4.52 Å². The lowest BCUT2D eigenvalue weighted by Gasteiger charge is -2.13. The maximum absolute atomic E-state index is 11.8. The highest BCUT2D eigenvalue weighted by atomic mass is 31.2. The Hall–Kier alpha value is -1.45. The molecule has 0 bridgehead atoms. The van der Waals surface area contributed by atoms with Crippen LogP contribution in [0, 0.1) is 0 Å². The molecular weight excluding hydrogens is 297 g/mol. The summed E-state index contributed by atoms with van der Waals surface area (Å²) < 4.78 is 16.9. The fraction of sp³-hybridized carbons (Fsp3) is 0.294. The average Bonchev–Trinajstić information content (AvgIpc) is 2.53. The van der Waals surface area contributed by atoms with Crippen molar-refractivity contribution in [1.29, 1.82) is 0 Å². The van der Waals surface area contributed by atoms with Gasteiger partial charge < -0.3 is 4.89 Å². The van der Waals surface area contributed by atoms with E-state index in [0.29, 0.717) is 13.0 Å². The van der Waals surface area contributed by atoms with Gasteiger partial charge in [-0.15, -0.1) is 0 Å². The molecule has 0 amide bonds. The van der Waals surface area contributed by atoms with E-state index >= 15 is 0 Å². The Balaban J connectivity index is 1.62. The summed E-state index contributed by atoms with van der Waals surface area (Å²) >= 11 is 0. The first-order valence-corrected chi connectivity index (χ1v) is 9.04. The van der Waals surface area contributed by atoms with Gasteiger partial charge in [-0.05, 0) is 30.4 Å². The molecule has 22 heavy (non-hydrogen) atoms. The SMILES string of the molecule is O=P(O)(NCCc1ccccc1)OCCCc1ccccc1. The van der Waals surface area contributed by atoms with Crippen LogP contribution in [0.25, 0.3) is 0 Å². The molecule has 1 unspecified atom stereocenters. The maximum Gasteiger partial charge on any atom is 0.402 e. The third-order valence-electron chi connectivity index (χ3n) is 3.29. The van der Waals surface area contributed by atoms with E-state index in [4.69, 9.17) is 4.52 Å². The van der Waals surface area contributed by atoms with Gasteiger partial charge in [0.05, 0.1) is 6.61 Å². The van der Waals surface area contributed by atoms with Crippen molar-refractivity contribution < 1.29 is 14.0 Å². The molecule has 0 saturated heterocycles. The molecule has 0 spiro atoms. The van der Waals surface area contributed by atoms with Gasteiger partial charge in [0.1, 0.15) is 0 Å². The Morgan fingerprint density at radius 1 is 0.909 bits per heavy atom. The molecule has 0 aromatic heterocycles. The van der Waals surface area contributed by atoms with Crippen LogP contribution in [0.4, 0.5) is 0 Å². The van der Waals surface area contributed by atoms with Crippen molar-refractivity contribution in [1.82, 2.24) is 5.09 Å². The van der Waals surface area contributed by atoms with Crippen LogP contribution in [0.2, 0.25) is 0 Å². The Labute approximate surface area is 131 Å². The molecule has 0 fully saturated rings. The van der Waals surface area contributed by atoms with Gasteiger partial charge in [-0.2, -0.15) is 0 Å². The molecule has 2 N–H and O–H groups in total. The van der Waals surface area contributed by atoms with E-state index in [1.165, 1.54) is 5.56 Å². The molecule has 0 aliphatic carbocycles. The van der Waals surface area contributed by atoms with Gasteiger partial charge >= 0.3 is 7.75 Å². The monoisotopic (exact) mass is 319 g/mol. The molecular formula is C17H22NO3P. The zero-order valence-corrected chi connectivity index (χ0v) is 13.4. The largest absolute Gasteiger partial charge is 0.402 e. The Kier molecular flexibility index (Phi) is 6.81. The molecule has 0 radical (unpaired) electrons. The molecule has 0 aliphatic heterocycles. The number of benzene rings is 2. The van der Waals surface area contributed by atoms with Gasteiger partial charge in [0.15, 0.2) is 0 Å². The van der Waals surface area contributed by atoms with Crippen LogP contribution in [-0.4, -0.2) is 18.0 Å². The van der Waals surface area contributed by atoms with Crippen LogP contribution < -0.4 is 5.09 Å². The molecule has 2 aromatic rings. The second-order valence-electron chi connectivity index (χ2n) is 5.09. The van der Waals surface area contributed by atoms with Crippen LogP contribution in [0.15, 0.2) is 60.7 Å². The summed E-state index contributed by atoms with van der Waals surface area (Å²) in [7, 11) is -3.70. The van der Waals surface area contributed by atoms with Crippen molar-refractivity contribution in [2.24, 2.45) is 0 Å². The van der Waals surface area contributed by atoms with E-state index in [2.05, 4.69) is 5.09 Å². The summed E-state index contributed by atoms with van der Waals surface area (Å²) in [5, 5.41) is 2.60. The standard InChI is InChI=1S/C17H22NO3P/c19-22(20,18-14-13-17-10-5-2-6-11-17)21-15-7-12-16-8-3-1-4-9-16/h1-6,8-11H,7,12-15H2,(H2,18,19,20). The predicted octanol–water partition coefficient (Wildman–Crippen LogP) is 3.57. The second-order valence-corrected chi connectivity index (χ2v) is 6.70. The first kappa shape index (κ1) is 16.9. The van der Waals surface area contributed by atoms with Gasteiger partial charge in [0.25, 0.3) is 0 Å². The van der Waals surface area contributed by atoms with E-state index in [1.54, 1.807) is 0 Å². The number of hydrogen-bond acceptors (Lipinski definition) is 2. The highest BCUT2D eigenvalue weighted by molar-refractivity contribution is 7.50. The molecule has 0 aliphatic rings. The molecule has 0 saturated carbocycles. The zero-order valence-electron chi connectivity index (χ0n) is 12.5. The van der Waals surface area contributed by atoms with Crippen LogP contribution in [0.5, 0.6) is 0 Å². The molecule has 1 atom stereocenters. The van der Waals surface area contributed by atoms with E-state index in [0.717, 1.165) is 18.4 Å². The minimum Gasteiger partial charge on any atom is -0.312 e. The first-order valence-electron chi connectivity index (χ1n) is 7.46. The lowest BCUT2D eigenvalue weighted by Crippen LogP contribution is -2.16. The number of rotatable bonds is 9. The highest BCUT2D eigenvalue weighted by Crippen LogP contribution is 2.36. The summed E-state index contributed by atoms with van der Waals surface area (Å²) in [6.07, 6.45) is 2.25. The smallest absolute Gasteiger partial charge is 0.312 e. The van der Waals surface area contributed by atoms with Crippen LogP contribution >= 0.6 is 7.75 Å². The van der Waals surface area contributed by atoms with Crippen molar-refractivity contribution in [3.63, 3.8) is 0 Å². The van der Waals surface area contributed by atoms with Gasteiger partial charge in [0.2, 0.25) is 0 Å². The topological polar surface area (TPSA) is 58.6 Å². The molecule has 4 nitrogen and oxygen atoms in total. The molecule has 2 rings (SSSR count). The quantitative estimate of drug-likeness (QED) is 0.548. The van der Waals surface area contributed by atoms with Gasteiger partial charge in [0, 0.05) is 6.54 Å². The van der Waals surface area contributed by atoms with Crippen molar-refractivity contribution >= 4 is 7.75 Å². The Morgan fingerprint density at radius 2 is 1.45 bits per heavy atom. The summed E-state index contributed by atoms with van der Waals surface area (Å²) in [5.74, 6) is 0. The summed E-state index contributed by atoms with van der Waals surface area (Å²) in [5.41, 5.74) is 2.33. The molecule has 0 heterocycles. The van der Waals surface area contributed by atoms with Gasteiger partial charge in [-0.25, -0.2) is 9.65 Å². The van der Waals surface area contributed by atoms with Crippen molar-refractivity contribution in [3.05, 3.63) is 71.8 Å². The minimum absolute atomic E-state index is 0.265. The van der Waals surface area contributed by atoms with Crippen molar-refractivity contribution in [3.8, 4) is 0 Å². The molecule has 118 valence electrons. The fourth-order valence-electron chi connectivity index (χ4n) is 2.14. The fourth-order valence-corrected chi connectivity index (χ4v) is 3.00.